The zero-order valence-electron chi connectivity index (χ0n) is 51.9. The first-order valence-corrected chi connectivity index (χ1v) is 31.6. The maximum Gasteiger partial charge on any atom is 0.297 e. The van der Waals surface area contributed by atoms with E-state index in [9.17, 15) is 0 Å². The molecule has 0 unspecified atom stereocenters. The molecule has 0 spiro atoms. The van der Waals surface area contributed by atoms with Crippen molar-refractivity contribution < 1.29 is 4.42 Å². The number of furan rings is 1. The summed E-state index contributed by atoms with van der Waals surface area (Å²) in [6, 6.07) is 40.5. The van der Waals surface area contributed by atoms with E-state index >= 15 is 0 Å². The molecule has 1 fully saturated rings. The minimum absolute atomic E-state index is 0.00637. The van der Waals surface area contributed by atoms with Gasteiger partial charge in [0.2, 0.25) is 0 Å². The number of nitrogens with zero attached hydrogens (tertiary/aromatic N) is 2. The van der Waals surface area contributed by atoms with Crippen molar-refractivity contribution in [1.29, 1.82) is 0 Å². The average Bonchev–Trinajstić information content (AvgIpc) is 3.96. The summed E-state index contributed by atoms with van der Waals surface area (Å²) < 4.78 is 7.94. The van der Waals surface area contributed by atoms with E-state index in [0.29, 0.717) is 5.92 Å². The van der Waals surface area contributed by atoms with Gasteiger partial charge in [-0.05, 0) is 235 Å². The van der Waals surface area contributed by atoms with Crippen LogP contribution in [0.15, 0.2) is 101 Å². The predicted octanol–water partition coefficient (Wildman–Crippen LogP) is 19.6. The van der Waals surface area contributed by atoms with E-state index in [4.69, 9.17) is 4.42 Å². The zero-order valence-corrected chi connectivity index (χ0v) is 51.9. The normalized spacial score (nSPS) is 22.8. The first kappa shape index (κ1) is 52.6. The summed E-state index contributed by atoms with van der Waals surface area (Å²) in [5.41, 5.74) is 29.0. The van der Waals surface area contributed by atoms with Gasteiger partial charge in [-0.15, -0.1) is 0 Å². The third-order valence-corrected chi connectivity index (χ3v) is 23.1. The third kappa shape index (κ3) is 7.70. The summed E-state index contributed by atoms with van der Waals surface area (Å²) in [6.45, 7) is 39.9. The van der Waals surface area contributed by atoms with Crippen LogP contribution in [0.3, 0.4) is 0 Å². The SMILES string of the molecule is CC1(C)CCC(C)(C)c2cc(N3c4cc(C5CCCCC5)cc5c4B(c4cc6c(cc4N5c4cc5c(cc4-c4ccccc4)C(C)(C)CCC5(C)C)C(C)(C)CCC6(C)C)c4oc5cc6c(cc5c43)C(C)(C)CCC6(C)C)ccc21. The molecule has 0 saturated heterocycles. The van der Waals surface area contributed by atoms with Gasteiger partial charge in [0.15, 0.2) is 0 Å². The maximum atomic E-state index is 7.94. The molecule has 0 N–H and O–H groups in total. The van der Waals surface area contributed by atoms with Crippen LogP contribution in [-0.4, -0.2) is 6.71 Å². The van der Waals surface area contributed by atoms with E-state index < -0.39 is 0 Å². The van der Waals surface area contributed by atoms with Crippen LogP contribution in [0.4, 0.5) is 34.1 Å². The molecule has 3 nitrogen and oxygen atoms in total. The molecule has 0 radical (unpaired) electrons. The molecular weight excluding hydrogens is 968 g/mol. The maximum absolute atomic E-state index is 7.94. The number of anilines is 6. The molecule has 0 atom stereocenters. The first-order valence-electron chi connectivity index (χ1n) is 31.6. The molecule has 7 aliphatic rings. The van der Waals surface area contributed by atoms with Crippen molar-refractivity contribution in [1.82, 2.24) is 0 Å². The molecule has 4 heteroatoms. The summed E-state index contributed by atoms with van der Waals surface area (Å²) in [5.74, 6) is 0.481. The van der Waals surface area contributed by atoms with Crippen molar-refractivity contribution in [2.45, 2.75) is 243 Å². The van der Waals surface area contributed by atoms with Crippen LogP contribution in [0, 0.1) is 0 Å². The minimum Gasteiger partial charge on any atom is -0.468 e. The van der Waals surface area contributed by atoms with Crippen LogP contribution in [0.5, 0.6) is 0 Å². The highest BCUT2D eigenvalue weighted by Crippen LogP contribution is 2.58. The van der Waals surface area contributed by atoms with Crippen molar-refractivity contribution in [2.75, 3.05) is 9.80 Å². The molecule has 1 aromatic heterocycles. The summed E-state index contributed by atoms with van der Waals surface area (Å²) in [5, 5.41) is 1.26. The Kier molecular flexibility index (Phi) is 11.2. The Balaban J connectivity index is 1.16. The van der Waals surface area contributed by atoms with Gasteiger partial charge in [-0.25, -0.2) is 0 Å². The topological polar surface area (TPSA) is 19.6 Å². The molecule has 5 aliphatic carbocycles. The highest BCUT2D eigenvalue weighted by molar-refractivity contribution is 7.00. The predicted molar refractivity (Wildman–Crippen MR) is 343 cm³/mol. The minimum atomic E-state index is -0.129. The molecule has 414 valence electrons. The van der Waals surface area contributed by atoms with Gasteiger partial charge in [-0.2, -0.15) is 0 Å². The van der Waals surface area contributed by atoms with Crippen molar-refractivity contribution in [2.24, 2.45) is 0 Å². The number of fused-ring (bicyclic) bond motifs is 10. The monoisotopic (exact) mass is 1060 g/mol. The molecule has 2 aliphatic heterocycles. The van der Waals surface area contributed by atoms with Gasteiger partial charge in [0.05, 0.1) is 17.0 Å². The van der Waals surface area contributed by atoms with Gasteiger partial charge < -0.3 is 14.2 Å². The van der Waals surface area contributed by atoms with Gasteiger partial charge in [0, 0.05) is 33.7 Å². The molecule has 6 aromatic carbocycles. The zero-order chi connectivity index (χ0) is 56.2. The molecule has 80 heavy (non-hydrogen) atoms. The molecule has 14 rings (SSSR count). The van der Waals surface area contributed by atoms with Gasteiger partial charge in [0.1, 0.15) is 5.58 Å². The Morgan fingerprint density at radius 3 is 1.44 bits per heavy atom. The molecule has 0 bridgehead atoms. The average molecular weight is 1060 g/mol. The van der Waals surface area contributed by atoms with E-state index in [1.54, 1.807) is 0 Å². The summed E-state index contributed by atoms with van der Waals surface area (Å²) >= 11 is 0. The lowest BCUT2D eigenvalue weighted by Gasteiger charge is -2.48. The summed E-state index contributed by atoms with van der Waals surface area (Å²) in [6.07, 6.45) is 15.7. The Morgan fingerprint density at radius 2 is 0.875 bits per heavy atom. The van der Waals surface area contributed by atoms with Gasteiger partial charge in [0.25, 0.3) is 6.71 Å². The van der Waals surface area contributed by atoms with E-state index in [1.165, 1.54) is 169 Å². The smallest absolute Gasteiger partial charge is 0.297 e. The highest BCUT2D eigenvalue weighted by Gasteiger charge is 2.51. The van der Waals surface area contributed by atoms with Crippen LogP contribution >= 0.6 is 0 Å². The fourth-order valence-corrected chi connectivity index (χ4v) is 17.2. The van der Waals surface area contributed by atoms with Crippen LogP contribution in [0.25, 0.3) is 22.1 Å². The first-order chi connectivity index (χ1) is 37.6. The molecule has 0 amide bonds. The highest BCUT2D eigenvalue weighted by atomic mass is 16.3. The molecule has 3 heterocycles. The van der Waals surface area contributed by atoms with E-state index in [2.05, 4.69) is 218 Å². The van der Waals surface area contributed by atoms with E-state index in [0.717, 1.165) is 36.9 Å². The number of hydrogen-bond donors (Lipinski definition) is 0. The van der Waals surface area contributed by atoms with Crippen LogP contribution in [0.1, 0.15) is 250 Å². The van der Waals surface area contributed by atoms with Crippen LogP contribution in [-0.2, 0) is 43.3 Å². The van der Waals surface area contributed by atoms with Gasteiger partial charge in [-0.3, -0.25) is 0 Å². The lowest BCUT2D eigenvalue weighted by Crippen LogP contribution is -2.61. The van der Waals surface area contributed by atoms with Gasteiger partial charge in [-0.1, -0.05) is 173 Å². The van der Waals surface area contributed by atoms with Crippen LogP contribution < -0.4 is 26.4 Å². The molecule has 1 saturated carbocycles. The second-order valence-corrected chi connectivity index (χ2v) is 32.2. The molecular formula is C76H91BN2O. The number of rotatable bonds is 4. The van der Waals surface area contributed by atoms with Crippen molar-refractivity contribution in [3.63, 3.8) is 0 Å². The summed E-state index contributed by atoms with van der Waals surface area (Å²) in [7, 11) is 0. The lowest BCUT2D eigenvalue weighted by molar-refractivity contribution is 0.332. The van der Waals surface area contributed by atoms with Crippen molar-refractivity contribution in [3.05, 3.63) is 147 Å². The fraction of sp³-hybridized carbons (Fsp3) is 0.500. The summed E-state index contributed by atoms with van der Waals surface area (Å²) in [4.78, 5) is 5.60. The second-order valence-electron chi connectivity index (χ2n) is 32.2. The van der Waals surface area contributed by atoms with Crippen molar-refractivity contribution >= 4 is 68.4 Å². The number of benzene rings is 6. The van der Waals surface area contributed by atoms with Crippen LogP contribution in [0.2, 0.25) is 0 Å². The molecule has 7 aromatic rings. The fourth-order valence-electron chi connectivity index (χ4n) is 17.2. The van der Waals surface area contributed by atoms with Gasteiger partial charge >= 0.3 is 0 Å². The van der Waals surface area contributed by atoms with E-state index in [1.807, 2.05) is 0 Å². The van der Waals surface area contributed by atoms with Crippen molar-refractivity contribution in [3.8, 4) is 11.1 Å². The third-order valence-electron chi connectivity index (χ3n) is 23.1. The second kappa shape index (κ2) is 17.1. The van der Waals surface area contributed by atoms with E-state index in [-0.39, 0.29) is 50.0 Å². The lowest BCUT2D eigenvalue weighted by atomic mass is 9.35. The Labute approximate surface area is 481 Å². The Bertz CT molecular complexity index is 3730. The largest absolute Gasteiger partial charge is 0.468 e. The quantitative estimate of drug-likeness (QED) is 0.164. The standard InChI is InChI=1S/C76H91BN2O/c1-69(2)29-30-70(3,4)53-39-49(27-28-52(53)69)78-63-37-48(46-23-19-17-20-24-46)38-64-66(63)77(68-67(78)51-41-55-59(45-65(51)80-68)76(15,16)36-32-72(55,7)8)60-42-56-58(75(13,14)35-33-73(56,9)10)44-62(60)79(64)61-43-57-54(71(5,6)31-34-74(57,11)12)40-50(61)47-25-21-18-22-26-47/h18,21-22,25-28,37-46H,17,19-20,23-24,29-36H2,1-16H3. The number of hydrogen-bond acceptors (Lipinski definition) is 3. The Morgan fingerprint density at radius 1 is 0.412 bits per heavy atom. The Hall–Kier alpha value is -5.48.